The van der Waals surface area contributed by atoms with Gasteiger partial charge in [-0.25, -0.2) is 16.8 Å². The summed E-state index contributed by atoms with van der Waals surface area (Å²) in [5.74, 6) is -0.164. The van der Waals surface area contributed by atoms with Gasteiger partial charge >= 0.3 is 0 Å². The highest BCUT2D eigenvalue weighted by Crippen LogP contribution is 2.34. The lowest BCUT2D eigenvalue weighted by Gasteiger charge is -2.19. The highest BCUT2D eigenvalue weighted by molar-refractivity contribution is 7.91. The number of halogens is 1. The lowest BCUT2D eigenvalue weighted by atomic mass is 10.1. The molecule has 1 unspecified atom stereocenters. The Kier molecular flexibility index (Phi) is 4.87. The van der Waals surface area contributed by atoms with Gasteiger partial charge in [-0.15, -0.1) is 0 Å². The molecule has 138 valence electrons. The summed E-state index contributed by atoms with van der Waals surface area (Å²) in [4.78, 5) is 11.6. The number of rotatable bonds is 3. The monoisotopic (exact) mass is 406 g/mol. The number of fused-ring (bicyclic) bond motifs is 1. The van der Waals surface area contributed by atoms with Gasteiger partial charge in [0.1, 0.15) is 4.90 Å². The maximum absolute atomic E-state index is 12.9. The Morgan fingerprint density at radius 3 is 2.56 bits per heavy atom. The predicted molar refractivity (Wildman–Crippen MR) is 95.0 cm³/mol. The minimum absolute atomic E-state index is 0.0812. The standard InChI is InChI=1S/C15H19ClN2O5S2/c1-24(20,21)11-5-6-18(9-11)25(22,23)14-8-13-10(7-12(14)16)3-2-4-15(19)17-13/h7-8,11H,2-6,9H2,1H3,(H,17,19). The van der Waals surface area contributed by atoms with Gasteiger partial charge in [-0.1, -0.05) is 11.6 Å². The molecule has 2 heterocycles. The minimum atomic E-state index is -3.94. The summed E-state index contributed by atoms with van der Waals surface area (Å²) in [7, 11) is -7.25. The van der Waals surface area contributed by atoms with Gasteiger partial charge in [-0.3, -0.25) is 4.79 Å². The van der Waals surface area contributed by atoms with Gasteiger partial charge in [0.15, 0.2) is 9.84 Å². The molecule has 0 spiro atoms. The second-order valence-corrected chi connectivity index (χ2v) is 11.1. The molecule has 1 aromatic carbocycles. The van der Waals surface area contributed by atoms with Crippen LogP contribution in [0.1, 0.15) is 24.8 Å². The highest BCUT2D eigenvalue weighted by Gasteiger charge is 2.38. The van der Waals surface area contributed by atoms with Gasteiger partial charge < -0.3 is 5.32 Å². The molecule has 0 bridgehead atoms. The van der Waals surface area contributed by atoms with Crippen LogP contribution in [0.2, 0.25) is 5.02 Å². The second-order valence-electron chi connectivity index (χ2n) is 6.44. The van der Waals surface area contributed by atoms with Crippen LogP contribution in [0.4, 0.5) is 5.69 Å². The van der Waals surface area contributed by atoms with Crippen molar-refractivity contribution in [3.8, 4) is 0 Å². The Hall–Kier alpha value is -1.16. The molecule has 1 saturated heterocycles. The molecule has 1 aromatic rings. The van der Waals surface area contributed by atoms with E-state index in [0.29, 0.717) is 24.9 Å². The Balaban J connectivity index is 1.97. The molecule has 0 aliphatic carbocycles. The third-order valence-corrected chi connectivity index (χ3v) is 8.54. The molecule has 1 atom stereocenters. The highest BCUT2D eigenvalue weighted by atomic mass is 35.5. The van der Waals surface area contributed by atoms with E-state index in [1.807, 2.05) is 0 Å². The first-order valence-corrected chi connectivity index (χ1v) is 11.7. The number of benzene rings is 1. The number of carbonyl (C=O) groups excluding carboxylic acids is 1. The Labute approximate surface area is 152 Å². The van der Waals surface area contributed by atoms with Crippen molar-refractivity contribution in [2.24, 2.45) is 0 Å². The molecule has 10 heteroatoms. The van der Waals surface area contributed by atoms with Crippen LogP contribution in [0.15, 0.2) is 17.0 Å². The average molecular weight is 407 g/mol. The molecule has 1 N–H and O–H groups in total. The van der Waals surface area contributed by atoms with E-state index in [-0.39, 0.29) is 35.3 Å². The Morgan fingerprint density at radius 2 is 1.92 bits per heavy atom. The fourth-order valence-electron chi connectivity index (χ4n) is 3.17. The van der Waals surface area contributed by atoms with Crippen molar-refractivity contribution in [2.45, 2.75) is 35.8 Å². The van der Waals surface area contributed by atoms with Crippen molar-refractivity contribution in [3.05, 3.63) is 22.7 Å². The van der Waals surface area contributed by atoms with E-state index >= 15 is 0 Å². The van der Waals surface area contributed by atoms with Gasteiger partial charge in [0.2, 0.25) is 15.9 Å². The molecule has 0 saturated carbocycles. The summed E-state index contributed by atoms with van der Waals surface area (Å²) in [5, 5.41) is 2.08. The molecule has 7 nitrogen and oxygen atoms in total. The van der Waals surface area contributed by atoms with Crippen molar-refractivity contribution in [1.29, 1.82) is 0 Å². The average Bonchev–Trinajstić information content (AvgIpc) is 2.93. The molecule has 1 amide bonds. The second kappa shape index (κ2) is 6.53. The normalized spacial score (nSPS) is 22.3. The number of aryl methyl sites for hydroxylation is 1. The molecular formula is C15H19ClN2O5S2. The van der Waals surface area contributed by atoms with Gasteiger partial charge in [0.05, 0.1) is 10.3 Å². The zero-order valence-corrected chi connectivity index (χ0v) is 16.0. The van der Waals surface area contributed by atoms with Crippen LogP contribution in [0.25, 0.3) is 0 Å². The summed E-state index contributed by atoms with van der Waals surface area (Å²) in [6.07, 6.45) is 3.05. The summed E-state index contributed by atoms with van der Waals surface area (Å²) in [6, 6.07) is 2.95. The van der Waals surface area contributed by atoms with Crippen molar-refractivity contribution in [1.82, 2.24) is 4.31 Å². The smallest absolute Gasteiger partial charge is 0.244 e. The van der Waals surface area contributed by atoms with Gasteiger partial charge in [0, 0.05) is 31.5 Å². The van der Waals surface area contributed by atoms with E-state index in [0.717, 1.165) is 16.1 Å². The molecule has 1 fully saturated rings. The van der Waals surface area contributed by atoms with Crippen molar-refractivity contribution in [2.75, 3.05) is 24.7 Å². The maximum Gasteiger partial charge on any atom is 0.244 e. The minimum Gasteiger partial charge on any atom is -0.326 e. The summed E-state index contributed by atoms with van der Waals surface area (Å²) >= 11 is 6.20. The number of amides is 1. The van der Waals surface area contributed by atoms with Crippen LogP contribution in [-0.2, 0) is 31.1 Å². The predicted octanol–water partition coefficient (Wildman–Crippen LogP) is 1.42. The molecule has 0 radical (unpaired) electrons. The fraction of sp³-hybridized carbons (Fsp3) is 0.533. The number of anilines is 1. The molecular weight excluding hydrogens is 388 g/mol. The van der Waals surface area contributed by atoms with E-state index in [9.17, 15) is 21.6 Å². The maximum atomic E-state index is 12.9. The van der Waals surface area contributed by atoms with Crippen LogP contribution in [0, 0.1) is 0 Å². The fourth-order valence-corrected chi connectivity index (χ4v) is 6.30. The Morgan fingerprint density at radius 1 is 1.20 bits per heavy atom. The third kappa shape index (κ3) is 3.69. The number of sulfonamides is 1. The van der Waals surface area contributed by atoms with Gasteiger partial charge in [0.25, 0.3) is 0 Å². The summed E-state index contributed by atoms with van der Waals surface area (Å²) in [5.41, 5.74) is 1.24. The molecule has 0 aromatic heterocycles. The summed E-state index contributed by atoms with van der Waals surface area (Å²) < 4.78 is 50.3. The molecule has 25 heavy (non-hydrogen) atoms. The van der Waals surface area contributed by atoms with Crippen LogP contribution in [0.5, 0.6) is 0 Å². The van der Waals surface area contributed by atoms with E-state index in [1.54, 1.807) is 6.07 Å². The van der Waals surface area contributed by atoms with Crippen LogP contribution in [-0.4, -0.2) is 51.6 Å². The van der Waals surface area contributed by atoms with Crippen molar-refractivity contribution < 1.29 is 21.6 Å². The number of nitrogens with one attached hydrogen (secondary N) is 1. The van der Waals surface area contributed by atoms with Gasteiger partial charge in [-0.05, 0) is 37.0 Å². The number of nitrogens with zero attached hydrogens (tertiary/aromatic N) is 1. The van der Waals surface area contributed by atoms with E-state index in [1.165, 1.54) is 6.07 Å². The van der Waals surface area contributed by atoms with E-state index < -0.39 is 25.1 Å². The van der Waals surface area contributed by atoms with Crippen molar-refractivity contribution in [3.63, 3.8) is 0 Å². The first kappa shape index (κ1) is 18.6. The lowest BCUT2D eigenvalue weighted by molar-refractivity contribution is -0.116. The third-order valence-electron chi connectivity index (χ3n) is 4.61. The topological polar surface area (TPSA) is 101 Å². The number of carbonyl (C=O) groups is 1. The van der Waals surface area contributed by atoms with Crippen molar-refractivity contribution >= 4 is 43.1 Å². The lowest BCUT2D eigenvalue weighted by Crippen LogP contribution is -2.32. The largest absolute Gasteiger partial charge is 0.326 e. The number of sulfone groups is 1. The summed E-state index contributed by atoms with van der Waals surface area (Å²) in [6.45, 7) is 0.0424. The number of hydrogen-bond donors (Lipinski definition) is 1. The van der Waals surface area contributed by atoms with E-state index in [2.05, 4.69) is 5.32 Å². The number of hydrogen-bond acceptors (Lipinski definition) is 5. The Bertz CT molecular complexity index is 927. The first-order chi connectivity index (χ1) is 11.6. The van der Waals surface area contributed by atoms with Crippen LogP contribution in [0.3, 0.4) is 0 Å². The molecule has 2 aliphatic rings. The van der Waals surface area contributed by atoms with Gasteiger partial charge in [-0.2, -0.15) is 4.31 Å². The SMILES string of the molecule is CS(=O)(=O)C1CCN(S(=O)(=O)c2cc3c(cc2Cl)CCCC(=O)N3)C1. The van der Waals surface area contributed by atoms with Crippen LogP contribution < -0.4 is 5.32 Å². The van der Waals surface area contributed by atoms with E-state index in [4.69, 9.17) is 11.6 Å². The molecule has 2 aliphatic heterocycles. The zero-order chi connectivity index (χ0) is 18.4. The first-order valence-electron chi connectivity index (χ1n) is 7.90. The molecule has 3 rings (SSSR count). The van der Waals surface area contributed by atoms with Crippen LogP contribution >= 0.6 is 11.6 Å². The zero-order valence-electron chi connectivity index (χ0n) is 13.7. The quantitative estimate of drug-likeness (QED) is 0.818.